The molecule has 3 N–H and O–H groups in total. The summed E-state index contributed by atoms with van der Waals surface area (Å²) >= 11 is 0. The summed E-state index contributed by atoms with van der Waals surface area (Å²) in [6.07, 6.45) is 7.00. The zero-order valence-electron chi connectivity index (χ0n) is 12.7. The van der Waals surface area contributed by atoms with Gasteiger partial charge in [0.25, 0.3) is 0 Å². The maximum atomic E-state index is 11.7. The molecule has 0 aromatic rings. The highest BCUT2D eigenvalue weighted by Crippen LogP contribution is 2.27. The summed E-state index contributed by atoms with van der Waals surface area (Å²) < 4.78 is 0. The molecule has 120 valence electrons. The smallest absolute Gasteiger partial charge is 0.326 e. The Morgan fingerprint density at radius 2 is 1.86 bits per heavy atom. The Balaban J connectivity index is 2.24. The predicted molar refractivity (Wildman–Crippen MR) is 78.7 cm³/mol. The lowest BCUT2D eigenvalue weighted by Crippen LogP contribution is -2.45. The van der Waals surface area contributed by atoms with E-state index in [0.717, 1.165) is 25.7 Å². The lowest BCUT2D eigenvalue weighted by molar-refractivity contribution is -0.142. The number of carboxylic acid groups (broad SMARTS) is 1. The molecule has 1 fully saturated rings. The van der Waals surface area contributed by atoms with E-state index in [1.54, 1.807) is 0 Å². The Morgan fingerprint density at radius 1 is 1.19 bits per heavy atom. The van der Waals surface area contributed by atoms with Crippen molar-refractivity contribution in [2.75, 3.05) is 6.54 Å². The van der Waals surface area contributed by atoms with Gasteiger partial charge >= 0.3 is 5.97 Å². The van der Waals surface area contributed by atoms with Crippen LogP contribution in [-0.2, 0) is 14.4 Å². The molecule has 1 rings (SSSR count). The Hall–Kier alpha value is -1.59. The number of hydrogen-bond acceptors (Lipinski definition) is 3. The van der Waals surface area contributed by atoms with E-state index >= 15 is 0 Å². The molecular formula is C15H26N2O4. The van der Waals surface area contributed by atoms with E-state index < -0.39 is 17.9 Å². The van der Waals surface area contributed by atoms with Crippen molar-refractivity contribution >= 4 is 17.8 Å². The Kier molecular flexibility index (Phi) is 7.79. The van der Waals surface area contributed by atoms with Crippen molar-refractivity contribution < 1.29 is 19.5 Å². The first-order chi connectivity index (χ1) is 10.0. The van der Waals surface area contributed by atoms with Gasteiger partial charge in [0.15, 0.2) is 0 Å². The summed E-state index contributed by atoms with van der Waals surface area (Å²) in [5.74, 6) is -1.17. The molecule has 21 heavy (non-hydrogen) atoms. The van der Waals surface area contributed by atoms with Gasteiger partial charge in [-0.2, -0.15) is 0 Å². The number of rotatable bonds is 9. The van der Waals surface area contributed by atoms with Gasteiger partial charge in [0.1, 0.15) is 6.04 Å². The van der Waals surface area contributed by atoms with Crippen molar-refractivity contribution in [2.24, 2.45) is 5.92 Å². The monoisotopic (exact) mass is 298 g/mol. The molecule has 1 saturated carbocycles. The molecule has 1 aliphatic rings. The van der Waals surface area contributed by atoms with Crippen LogP contribution in [0.1, 0.15) is 58.3 Å². The molecule has 0 saturated heterocycles. The number of carbonyl (C=O) groups is 3. The quantitative estimate of drug-likeness (QED) is 0.600. The van der Waals surface area contributed by atoms with Gasteiger partial charge in [-0.1, -0.05) is 32.6 Å². The normalized spacial score (nSPS) is 16.4. The van der Waals surface area contributed by atoms with Crippen LogP contribution in [0.3, 0.4) is 0 Å². The van der Waals surface area contributed by atoms with Gasteiger partial charge < -0.3 is 15.7 Å². The molecule has 1 unspecified atom stereocenters. The van der Waals surface area contributed by atoms with Crippen LogP contribution in [0, 0.1) is 5.92 Å². The third-order valence-electron chi connectivity index (χ3n) is 3.87. The largest absolute Gasteiger partial charge is 0.480 e. The fourth-order valence-electron chi connectivity index (χ4n) is 2.64. The second kappa shape index (κ2) is 9.37. The van der Waals surface area contributed by atoms with Crippen LogP contribution in [0.5, 0.6) is 0 Å². The topological polar surface area (TPSA) is 95.5 Å². The van der Waals surface area contributed by atoms with Gasteiger partial charge in [0.05, 0.1) is 6.54 Å². The highest BCUT2D eigenvalue weighted by Gasteiger charge is 2.21. The van der Waals surface area contributed by atoms with Crippen LogP contribution in [0.4, 0.5) is 0 Å². The fraction of sp³-hybridized carbons (Fsp3) is 0.800. The fourth-order valence-corrected chi connectivity index (χ4v) is 2.64. The maximum absolute atomic E-state index is 11.7. The van der Waals surface area contributed by atoms with Crippen molar-refractivity contribution in [3.05, 3.63) is 0 Å². The number of unbranched alkanes of at least 4 members (excludes halogenated alkanes) is 1. The van der Waals surface area contributed by atoms with E-state index in [9.17, 15) is 14.4 Å². The van der Waals surface area contributed by atoms with Gasteiger partial charge in [0, 0.05) is 6.42 Å². The zero-order valence-corrected chi connectivity index (χ0v) is 12.7. The van der Waals surface area contributed by atoms with Gasteiger partial charge in [-0.15, -0.1) is 0 Å². The summed E-state index contributed by atoms with van der Waals surface area (Å²) in [6, 6.07) is -0.871. The van der Waals surface area contributed by atoms with E-state index in [2.05, 4.69) is 10.6 Å². The molecule has 0 radical (unpaired) electrons. The van der Waals surface area contributed by atoms with Gasteiger partial charge in [0.2, 0.25) is 11.8 Å². The summed E-state index contributed by atoms with van der Waals surface area (Å²) in [4.78, 5) is 34.4. The molecule has 0 spiro atoms. The summed E-state index contributed by atoms with van der Waals surface area (Å²) in [5.41, 5.74) is 0. The molecule has 0 aromatic carbocycles. The number of aliphatic carboxylic acids is 1. The van der Waals surface area contributed by atoms with Crippen LogP contribution >= 0.6 is 0 Å². The van der Waals surface area contributed by atoms with Gasteiger partial charge in [-0.3, -0.25) is 9.59 Å². The first-order valence-corrected chi connectivity index (χ1v) is 7.81. The van der Waals surface area contributed by atoms with E-state index in [0.29, 0.717) is 18.8 Å². The molecule has 6 nitrogen and oxygen atoms in total. The molecular weight excluding hydrogens is 272 g/mol. The lowest BCUT2D eigenvalue weighted by Gasteiger charge is -2.15. The number of nitrogens with one attached hydrogen (secondary N) is 2. The lowest BCUT2D eigenvalue weighted by atomic mass is 10.0. The number of carboxylic acids is 1. The van der Waals surface area contributed by atoms with Crippen molar-refractivity contribution in [1.82, 2.24) is 10.6 Å². The minimum atomic E-state index is -1.03. The molecule has 0 aliphatic heterocycles. The van der Waals surface area contributed by atoms with Crippen LogP contribution in [0.25, 0.3) is 0 Å². The predicted octanol–water partition coefficient (Wildman–Crippen LogP) is 1.44. The molecule has 1 aliphatic carbocycles. The Labute approximate surface area is 125 Å². The average Bonchev–Trinajstić information content (AvgIpc) is 2.93. The highest BCUT2D eigenvalue weighted by molar-refractivity contribution is 5.87. The van der Waals surface area contributed by atoms with Crippen LogP contribution in [0.2, 0.25) is 0 Å². The van der Waals surface area contributed by atoms with E-state index in [4.69, 9.17) is 5.11 Å². The highest BCUT2D eigenvalue weighted by atomic mass is 16.4. The minimum Gasteiger partial charge on any atom is -0.480 e. The van der Waals surface area contributed by atoms with Crippen LogP contribution in [-0.4, -0.2) is 35.5 Å². The van der Waals surface area contributed by atoms with Crippen LogP contribution in [0.15, 0.2) is 0 Å². The minimum absolute atomic E-state index is 0.127. The number of amides is 2. The van der Waals surface area contributed by atoms with Crippen molar-refractivity contribution in [1.29, 1.82) is 0 Å². The first kappa shape index (κ1) is 17.5. The van der Waals surface area contributed by atoms with Gasteiger partial charge in [-0.25, -0.2) is 4.79 Å². The molecule has 2 amide bonds. The van der Waals surface area contributed by atoms with Crippen molar-refractivity contribution in [3.8, 4) is 0 Å². The zero-order chi connectivity index (χ0) is 15.7. The summed E-state index contributed by atoms with van der Waals surface area (Å²) in [5, 5.41) is 14.0. The average molecular weight is 298 g/mol. The molecule has 1 atom stereocenters. The standard InChI is InChI=1S/C15H26N2O4/c1-2-3-8-12(15(20)21)17-14(19)10-16-13(18)9-11-6-4-5-7-11/h11-12H,2-10H2,1H3,(H,16,18)(H,17,19)(H,20,21). The van der Waals surface area contributed by atoms with E-state index in [1.165, 1.54) is 12.8 Å². The van der Waals surface area contributed by atoms with E-state index in [-0.39, 0.29) is 12.5 Å². The first-order valence-electron chi connectivity index (χ1n) is 7.81. The SMILES string of the molecule is CCCCC(NC(=O)CNC(=O)CC1CCCC1)C(=O)O. The van der Waals surface area contributed by atoms with Crippen molar-refractivity contribution in [2.45, 2.75) is 64.3 Å². The second-order valence-electron chi connectivity index (χ2n) is 5.73. The Bertz CT molecular complexity index is 365. The molecule has 0 heterocycles. The molecule has 0 aromatic heterocycles. The second-order valence-corrected chi connectivity index (χ2v) is 5.73. The molecule has 6 heteroatoms. The van der Waals surface area contributed by atoms with Crippen molar-refractivity contribution in [3.63, 3.8) is 0 Å². The Morgan fingerprint density at radius 3 is 2.43 bits per heavy atom. The third kappa shape index (κ3) is 7.11. The van der Waals surface area contributed by atoms with Crippen LogP contribution < -0.4 is 10.6 Å². The third-order valence-corrected chi connectivity index (χ3v) is 3.87. The molecule has 0 bridgehead atoms. The number of carbonyl (C=O) groups excluding carboxylic acids is 2. The summed E-state index contributed by atoms with van der Waals surface area (Å²) in [7, 11) is 0. The summed E-state index contributed by atoms with van der Waals surface area (Å²) in [6.45, 7) is 1.81. The number of hydrogen-bond donors (Lipinski definition) is 3. The van der Waals surface area contributed by atoms with Gasteiger partial charge in [-0.05, 0) is 25.2 Å². The van der Waals surface area contributed by atoms with E-state index in [1.807, 2.05) is 6.92 Å². The maximum Gasteiger partial charge on any atom is 0.326 e.